The number of alkyl halides is 3. The standard InChI is InChI=1S/C25H17F3N2O3/c26-25(27,28)21(31)16-10-12-17(13-11-16)22(32)29-14-15-30-23(33)19-8-4-5-9-20(19)24(29,30)18-6-2-1-3-7-18/h1-13H,14-15H2. The van der Waals surface area contributed by atoms with Gasteiger partial charge in [0, 0.05) is 40.9 Å². The highest BCUT2D eigenvalue weighted by atomic mass is 19.4. The second-order valence-corrected chi connectivity index (χ2v) is 7.90. The largest absolute Gasteiger partial charge is 0.454 e. The van der Waals surface area contributed by atoms with E-state index in [0.29, 0.717) is 17.7 Å². The fourth-order valence-electron chi connectivity index (χ4n) is 4.80. The first kappa shape index (κ1) is 20.9. The molecule has 3 aromatic carbocycles. The highest BCUT2D eigenvalue weighted by Crippen LogP contribution is 2.49. The Morgan fingerprint density at radius 3 is 2.06 bits per heavy atom. The lowest BCUT2D eigenvalue weighted by atomic mass is 9.89. The van der Waals surface area contributed by atoms with Gasteiger partial charge < -0.3 is 9.80 Å². The number of amides is 2. The molecule has 0 radical (unpaired) electrons. The van der Waals surface area contributed by atoms with Crippen LogP contribution in [-0.4, -0.2) is 46.7 Å². The van der Waals surface area contributed by atoms with E-state index in [1.165, 1.54) is 12.1 Å². The topological polar surface area (TPSA) is 57.7 Å². The van der Waals surface area contributed by atoms with Crippen LogP contribution in [0, 0.1) is 0 Å². The Hall–Kier alpha value is -3.94. The third-order valence-electron chi connectivity index (χ3n) is 6.18. The molecule has 0 bridgehead atoms. The van der Waals surface area contributed by atoms with Crippen molar-refractivity contribution in [3.8, 4) is 0 Å². The van der Waals surface area contributed by atoms with Crippen molar-refractivity contribution in [1.82, 2.24) is 9.80 Å². The fourth-order valence-corrected chi connectivity index (χ4v) is 4.80. The van der Waals surface area contributed by atoms with Crippen molar-refractivity contribution < 1.29 is 27.6 Å². The van der Waals surface area contributed by atoms with Gasteiger partial charge in [0.2, 0.25) is 0 Å². The third kappa shape index (κ3) is 2.97. The number of hydrogen-bond acceptors (Lipinski definition) is 3. The quantitative estimate of drug-likeness (QED) is 0.561. The van der Waals surface area contributed by atoms with Gasteiger partial charge in [-0.15, -0.1) is 0 Å². The molecule has 0 aromatic heterocycles. The third-order valence-corrected chi connectivity index (χ3v) is 6.18. The lowest BCUT2D eigenvalue weighted by molar-refractivity contribution is -0.0885. The van der Waals surface area contributed by atoms with Gasteiger partial charge in [-0.25, -0.2) is 0 Å². The Balaban J connectivity index is 1.61. The summed E-state index contributed by atoms with van der Waals surface area (Å²) >= 11 is 0. The monoisotopic (exact) mass is 450 g/mol. The summed E-state index contributed by atoms with van der Waals surface area (Å²) in [5.74, 6) is -2.60. The van der Waals surface area contributed by atoms with E-state index >= 15 is 0 Å². The molecule has 1 atom stereocenters. The first-order valence-electron chi connectivity index (χ1n) is 10.3. The van der Waals surface area contributed by atoms with Crippen LogP contribution in [0.2, 0.25) is 0 Å². The maximum atomic E-state index is 13.6. The molecule has 8 heteroatoms. The Morgan fingerprint density at radius 2 is 1.39 bits per heavy atom. The Bertz CT molecular complexity index is 1270. The molecular weight excluding hydrogens is 433 g/mol. The first-order chi connectivity index (χ1) is 15.8. The van der Waals surface area contributed by atoms with Crippen LogP contribution in [0.25, 0.3) is 0 Å². The summed E-state index contributed by atoms with van der Waals surface area (Å²) in [6.07, 6.45) is -4.99. The van der Waals surface area contributed by atoms with Crippen molar-refractivity contribution in [2.45, 2.75) is 11.8 Å². The van der Waals surface area contributed by atoms with Crippen LogP contribution in [-0.2, 0) is 5.66 Å². The molecule has 1 unspecified atom stereocenters. The molecule has 2 amide bonds. The lowest BCUT2D eigenvalue weighted by Gasteiger charge is -2.40. The predicted octanol–water partition coefficient (Wildman–Crippen LogP) is 4.24. The Morgan fingerprint density at radius 1 is 0.788 bits per heavy atom. The van der Waals surface area contributed by atoms with Gasteiger partial charge in [0.05, 0.1) is 0 Å². The molecule has 5 nitrogen and oxygen atoms in total. The van der Waals surface area contributed by atoms with Crippen LogP contribution >= 0.6 is 0 Å². The summed E-state index contributed by atoms with van der Waals surface area (Å²) in [6.45, 7) is 0.551. The smallest absolute Gasteiger partial charge is 0.306 e. The number of ketones is 1. The summed E-state index contributed by atoms with van der Waals surface area (Å²) in [7, 11) is 0. The van der Waals surface area contributed by atoms with Crippen LogP contribution in [0.3, 0.4) is 0 Å². The van der Waals surface area contributed by atoms with E-state index in [9.17, 15) is 27.6 Å². The molecular formula is C25H17F3N2O3. The van der Waals surface area contributed by atoms with Crippen LogP contribution < -0.4 is 0 Å². The number of halogens is 3. The summed E-state index contributed by atoms with van der Waals surface area (Å²) in [6, 6.07) is 20.7. The van der Waals surface area contributed by atoms with E-state index in [1.54, 1.807) is 28.0 Å². The van der Waals surface area contributed by atoms with Crippen LogP contribution in [0.4, 0.5) is 13.2 Å². The molecule has 0 spiro atoms. The Labute approximate surface area is 187 Å². The van der Waals surface area contributed by atoms with Gasteiger partial charge in [-0.3, -0.25) is 14.4 Å². The van der Waals surface area contributed by atoms with Crippen molar-refractivity contribution in [1.29, 1.82) is 0 Å². The lowest BCUT2D eigenvalue weighted by Crippen LogP contribution is -2.51. The number of hydrogen-bond donors (Lipinski definition) is 0. The molecule has 2 aliphatic heterocycles. The maximum Gasteiger partial charge on any atom is 0.454 e. The van der Waals surface area contributed by atoms with E-state index in [4.69, 9.17) is 0 Å². The fraction of sp³-hybridized carbons (Fsp3) is 0.160. The summed E-state index contributed by atoms with van der Waals surface area (Å²) < 4.78 is 38.2. The van der Waals surface area contributed by atoms with Gasteiger partial charge in [0.1, 0.15) is 0 Å². The van der Waals surface area contributed by atoms with Crippen molar-refractivity contribution in [2.24, 2.45) is 0 Å². The molecule has 0 N–H and O–H groups in total. The number of rotatable bonds is 3. The van der Waals surface area contributed by atoms with Crippen molar-refractivity contribution in [2.75, 3.05) is 13.1 Å². The van der Waals surface area contributed by atoms with Gasteiger partial charge in [-0.05, 0) is 18.2 Å². The van der Waals surface area contributed by atoms with E-state index in [1.807, 2.05) is 36.4 Å². The Kier molecular flexibility index (Phi) is 4.63. The highest BCUT2D eigenvalue weighted by molar-refractivity contribution is 6.04. The summed E-state index contributed by atoms with van der Waals surface area (Å²) in [4.78, 5) is 41.6. The second-order valence-electron chi connectivity index (χ2n) is 7.90. The van der Waals surface area contributed by atoms with Crippen LogP contribution in [0.15, 0.2) is 78.9 Å². The second kappa shape index (κ2) is 7.30. The van der Waals surface area contributed by atoms with Gasteiger partial charge >= 0.3 is 6.18 Å². The van der Waals surface area contributed by atoms with Gasteiger partial charge in [0.15, 0.2) is 5.66 Å². The molecule has 166 valence electrons. The average Bonchev–Trinajstić information content (AvgIpc) is 3.34. The van der Waals surface area contributed by atoms with Crippen molar-refractivity contribution >= 4 is 17.6 Å². The van der Waals surface area contributed by atoms with Crippen LogP contribution in [0.1, 0.15) is 42.2 Å². The van der Waals surface area contributed by atoms with Gasteiger partial charge in [0.25, 0.3) is 17.6 Å². The zero-order valence-electron chi connectivity index (χ0n) is 17.2. The minimum absolute atomic E-state index is 0.128. The number of nitrogens with zero attached hydrogens (tertiary/aromatic N) is 2. The minimum Gasteiger partial charge on any atom is -0.306 e. The first-order valence-corrected chi connectivity index (χ1v) is 10.3. The van der Waals surface area contributed by atoms with E-state index in [2.05, 4.69) is 0 Å². The molecule has 1 fully saturated rings. The zero-order valence-corrected chi connectivity index (χ0v) is 17.2. The number of fused-ring (bicyclic) bond motifs is 3. The summed E-state index contributed by atoms with van der Waals surface area (Å²) in [5, 5.41) is 0. The minimum atomic E-state index is -4.99. The van der Waals surface area contributed by atoms with Crippen molar-refractivity contribution in [3.63, 3.8) is 0 Å². The molecule has 2 aliphatic rings. The molecule has 0 aliphatic carbocycles. The number of benzene rings is 3. The van der Waals surface area contributed by atoms with Gasteiger partial charge in [-0.1, -0.05) is 60.7 Å². The molecule has 2 heterocycles. The molecule has 1 saturated heterocycles. The summed E-state index contributed by atoms with van der Waals surface area (Å²) in [5.41, 5.74) is 0.342. The molecule has 0 saturated carbocycles. The molecule has 33 heavy (non-hydrogen) atoms. The van der Waals surface area contributed by atoms with E-state index in [0.717, 1.165) is 17.7 Å². The van der Waals surface area contributed by atoms with Crippen molar-refractivity contribution in [3.05, 3.63) is 107 Å². The van der Waals surface area contributed by atoms with Crippen LogP contribution in [0.5, 0.6) is 0 Å². The van der Waals surface area contributed by atoms with Gasteiger partial charge in [-0.2, -0.15) is 13.2 Å². The predicted molar refractivity (Wildman–Crippen MR) is 113 cm³/mol. The highest BCUT2D eigenvalue weighted by Gasteiger charge is 2.59. The zero-order chi connectivity index (χ0) is 23.4. The number of carbonyl (C=O) groups excluding carboxylic acids is 3. The maximum absolute atomic E-state index is 13.6. The average molecular weight is 450 g/mol. The number of carbonyl (C=O) groups is 3. The molecule has 5 rings (SSSR count). The van der Waals surface area contributed by atoms with E-state index < -0.39 is 29.1 Å². The number of Topliss-reactive ketones (excluding diaryl/α,β-unsaturated/α-hetero) is 1. The molecule has 3 aromatic rings. The normalized spacial score (nSPS) is 19.4. The SMILES string of the molecule is O=C(c1ccc(C(=O)C(F)(F)F)cc1)N1CCN2C(=O)c3ccccc3C12c1ccccc1. The van der Waals surface area contributed by atoms with E-state index in [-0.39, 0.29) is 18.0 Å².